The van der Waals surface area contributed by atoms with E-state index in [-0.39, 0.29) is 18.1 Å². The van der Waals surface area contributed by atoms with Gasteiger partial charge in [-0.2, -0.15) is 0 Å². The number of rotatable bonds is 6. The topological polar surface area (TPSA) is 46.5 Å². The number of carbonyl (C=O) groups is 1. The van der Waals surface area contributed by atoms with E-state index in [1.165, 1.54) is 5.56 Å². The van der Waals surface area contributed by atoms with Gasteiger partial charge in [-0.1, -0.05) is 12.1 Å². The highest BCUT2D eigenvalue weighted by atomic mass is 16.5. The van der Waals surface area contributed by atoms with Crippen molar-refractivity contribution < 1.29 is 9.53 Å². The van der Waals surface area contributed by atoms with Crippen molar-refractivity contribution >= 4 is 5.91 Å². The zero-order chi connectivity index (χ0) is 17.8. The Morgan fingerprint density at radius 3 is 2.48 bits per heavy atom. The largest absolute Gasteiger partial charge is 0.378 e. The summed E-state index contributed by atoms with van der Waals surface area (Å²) in [4.78, 5) is 14.9. The van der Waals surface area contributed by atoms with Crippen molar-refractivity contribution in [2.24, 2.45) is 0 Å². The summed E-state index contributed by atoms with van der Waals surface area (Å²) in [5.41, 5.74) is 1.86. The third kappa shape index (κ3) is 4.30. The fourth-order valence-corrected chi connectivity index (χ4v) is 3.30. The third-order valence-corrected chi connectivity index (χ3v) is 4.89. The van der Waals surface area contributed by atoms with Crippen molar-refractivity contribution in [1.82, 2.24) is 14.8 Å². The number of amides is 1. The first-order chi connectivity index (χ1) is 12.1. The van der Waals surface area contributed by atoms with Gasteiger partial charge in [0.25, 0.3) is 5.91 Å². The quantitative estimate of drug-likeness (QED) is 0.877. The zero-order valence-electron chi connectivity index (χ0n) is 15.2. The van der Waals surface area contributed by atoms with Crippen LogP contribution in [0.3, 0.4) is 0 Å². The lowest BCUT2D eigenvalue weighted by Gasteiger charge is -2.20. The summed E-state index contributed by atoms with van der Waals surface area (Å²) in [7, 11) is 1.71. The summed E-state index contributed by atoms with van der Waals surface area (Å²) >= 11 is 0. The number of hydrogen-bond donors (Lipinski definition) is 1. The average molecular weight is 341 g/mol. The van der Waals surface area contributed by atoms with Crippen LogP contribution in [0.5, 0.6) is 0 Å². The van der Waals surface area contributed by atoms with E-state index in [1.807, 2.05) is 48.8 Å². The molecule has 0 bridgehead atoms. The van der Waals surface area contributed by atoms with Crippen molar-refractivity contribution in [1.29, 1.82) is 0 Å². The van der Waals surface area contributed by atoms with Crippen molar-refractivity contribution in [2.45, 2.75) is 38.6 Å². The maximum Gasteiger partial charge on any atom is 0.251 e. The second-order valence-corrected chi connectivity index (χ2v) is 6.95. The van der Waals surface area contributed by atoms with Gasteiger partial charge in [0.2, 0.25) is 0 Å². The molecule has 0 saturated carbocycles. The molecule has 1 saturated heterocycles. The predicted octanol–water partition coefficient (Wildman–Crippen LogP) is 2.37. The summed E-state index contributed by atoms with van der Waals surface area (Å²) in [6.07, 6.45) is 4.11. The molecule has 5 heteroatoms. The molecule has 2 atom stereocenters. The van der Waals surface area contributed by atoms with E-state index < -0.39 is 0 Å². The molecular weight excluding hydrogens is 314 g/mol. The number of likely N-dealkylation sites (tertiary alicyclic amines) is 1. The van der Waals surface area contributed by atoms with Gasteiger partial charge in [0.1, 0.15) is 0 Å². The van der Waals surface area contributed by atoms with Gasteiger partial charge in [0.15, 0.2) is 0 Å². The molecule has 1 fully saturated rings. The first kappa shape index (κ1) is 17.7. The van der Waals surface area contributed by atoms with Crippen molar-refractivity contribution in [2.75, 3.05) is 20.2 Å². The van der Waals surface area contributed by atoms with Crippen molar-refractivity contribution in [3.8, 4) is 0 Å². The van der Waals surface area contributed by atoms with Crippen LogP contribution in [0.25, 0.3) is 0 Å². The van der Waals surface area contributed by atoms with Crippen LogP contribution in [0.4, 0.5) is 0 Å². The highest BCUT2D eigenvalue weighted by Gasteiger charge is 2.35. The normalized spacial score (nSPS) is 21.0. The Hall–Kier alpha value is -2.11. The van der Waals surface area contributed by atoms with Crippen LogP contribution in [0.15, 0.2) is 48.8 Å². The molecule has 0 unspecified atom stereocenters. The fourth-order valence-electron chi connectivity index (χ4n) is 3.30. The molecule has 1 aliphatic rings. The lowest BCUT2D eigenvalue weighted by Crippen LogP contribution is -2.43. The maximum absolute atomic E-state index is 12.6. The first-order valence-electron chi connectivity index (χ1n) is 8.84. The molecule has 1 aromatic carbocycles. The number of methoxy groups -OCH3 is 1. The molecule has 1 aromatic heterocycles. The minimum Gasteiger partial charge on any atom is -0.378 e. The zero-order valence-corrected chi connectivity index (χ0v) is 15.2. The van der Waals surface area contributed by atoms with Crippen LogP contribution in [-0.2, 0) is 11.3 Å². The summed E-state index contributed by atoms with van der Waals surface area (Å²) in [6, 6.07) is 12.3. The Labute approximate surface area is 149 Å². The molecule has 1 N–H and O–H groups in total. The Kier molecular flexibility index (Phi) is 5.56. The molecule has 1 aliphatic heterocycles. The van der Waals surface area contributed by atoms with Gasteiger partial charge >= 0.3 is 0 Å². The molecule has 1 amide bonds. The third-order valence-electron chi connectivity index (χ3n) is 4.89. The highest BCUT2D eigenvalue weighted by molar-refractivity contribution is 5.94. The van der Waals surface area contributed by atoms with Gasteiger partial charge in [-0.25, -0.2) is 0 Å². The summed E-state index contributed by atoms with van der Waals surface area (Å²) < 4.78 is 7.67. The first-order valence-corrected chi connectivity index (χ1v) is 8.84. The van der Waals surface area contributed by atoms with E-state index in [4.69, 9.17) is 4.74 Å². The van der Waals surface area contributed by atoms with Crippen LogP contribution in [0.1, 0.15) is 29.8 Å². The minimum atomic E-state index is -0.0369. The fraction of sp³-hybridized carbons (Fsp3) is 0.450. The monoisotopic (exact) mass is 341 g/mol. The summed E-state index contributed by atoms with van der Waals surface area (Å²) in [6.45, 7) is 6.83. The molecule has 134 valence electrons. The molecule has 2 heterocycles. The van der Waals surface area contributed by atoms with Gasteiger partial charge in [-0.15, -0.1) is 0 Å². The van der Waals surface area contributed by atoms with Gasteiger partial charge in [0.05, 0.1) is 12.1 Å². The SMILES string of the molecule is CO[C@H]1CN(C(C)C)C[C@@H]1NC(=O)c1ccc(Cn2cccc2)cc1. The van der Waals surface area contributed by atoms with E-state index in [0.29, 0.717) is 11.6 Å². The highest BCUT2D eigenvalue weighted by Crippen LogP contribution is 2.16. The number of ether oxygens (including phenoxy) is 1. The standard InChI is InChI=1S/C20H27N3O2/c1-15(2)23-13-18(19(14-23)25-3)21-20(24)17-8-6-16(7-9-17)12-22-10-4-5-11-22/h4-11,15,18-19H,12-14H2,1-3H3,(H,21,24)/t18-,19-/m0/s1. The Morgan fingerprint density at radius 2 is 1.88 bits per heavy atom. The van der Waals surface area contributed by atoms with Crippen LogP contribution < -0.4 is 5.32 Å². The molecule has 2 aromatic rings. The van der Waals surface area contributed by atoms with E-state index in [9.17, 15) is 4.79 Å². The number of benzene rings is 1. The molecule has 3 rings (SSSR count). The average Bonchev–Trinajstić information content (AvgIpc) is 3.25. The minimum absolute atomic E-state index is 0.0273. The molecule has 0 radical (unpaired) electrons. The van der Waals surface area contributed by atoms with Gasteiger partial charge < -0.3 is 14.6 Å². The van der Waals surface area contributed by atoms with E-state index >= 15 is 0 Å². The Morgan fingerprint density at radius 1 is 1.20 bits per heavy atom. The van der Waals surface area contributed by atoms with Crippen LogP contribution in [0, 0.1) is 0 Å². The maximum atomic E-state index is 12.6. The number of hydrogen-bond acceptors (Lipinski definition) is 3. The van der Waals surface area contributed by atoms with Crippen molar-refractivity contribution in [3.05, 3.63) is 59.9 Å². The molecular formula is C20H27N3O2. The predicted molar refractivity (Wildman–Crippen MR) is 98.7 cm³/mol. The number of aromatic nitrogens is 1. The molecule has 0 aliphatic carbocycles. The van der Waals surface area contributed by atoms with E-state index in [1.54, 1.807) is 7.11 Å². The smallest absolute Gasteiger partial charge is 0.251 e. The lowest BCUT2D eigenvalue weighted by molar-refractivity contribution is 0.0753. The number of nitrogens with zero attached hydrogens (tertiary/aromatic N) is 2. The van der Waals surface area contributed by atoms with Crippen LogP contribution in [0.2, 0.25) is 0 Å². The van der Waals surface area contributed by atoms with Gasteiger partial charge in [-0.3, -0.25) is 9.69 Å². The van der Waals surface area contributed by atoms with E-state index in [2.05, 4.69) is 28.6 Å². The van der Waals surface area contributed by atoms with E-state index in [0.717, 1.165) is 19.6 Å². The summed E-state index contributed by atoms with van der Waals surface area (Å²) in [5.74, 6) is -0.0369. The Balaban J connectivity index is 1.61. The molecule has 0 spiro atoms. The number of nitrogens with one attached hydrogen (secondary N) is 1. The van der Waals surface area contributed by atoms with Gasteiger partial charge in [0, 0.05) is 50.7 Å². The van der Waals surface area contributed by atoms with Gasteiger partial charge in [-0.05, 0) is 43.7 Å². The molecule has 25 heavy (non-hydrogen) atoms. The Bertz CT molecular complexity index is 679. The molecule has 5 nitrogen and oxygen atoms in total. The van der Waals surface area contributed by atoms with Crippen LogP contribution >= 0.6 is 0 Å². The van der Waals surface area contributed by atoms with Crippen molar-refractivity contribution in [3.63, 3.8) is 0 Å². The second kappa shape index (κ2) is 7.85. The van der Waals surface area contributed by atoms with Crippen LogP contribution in [-0.4, -0.2) is 53.8 Å². The second-order valence-electron chi connectivity index (χ2n) is 6.95. The lowest BCUT2D eigenvalue weighted by atomic mass is 10.1. The number of carbonyl (C=O) groups excluding carboxylic acids is 1. The summed E-state index contributed by atoms with van der Waals surface area (Å²) in [5, 5.41) is 3.14.